The van der Waals surface area contributed by atoms with E-state index in [1.807, 2.05) is 0 Å². The Labute approximate surface area is 150 Å². The topological polar surface area (TPSA) is 66.5 Å². The minimum atomic E-state index is -3.27. The summed E-state index contributed by atoms with van der Waals surface area (Å²) in [6.45, 7) is 2.09. The zero-order valence-corrected chi connectivity index (χ0v) is 14.9. The number of benzene rings is 2. The number of anilines is 1. The molecule has 1 N–H and O–H groups in total. The summed E-state index contributed by atoms with van der Waals surface area (Å²) in [6, 6.07) is 9.19. The van der Waals surface area contributed by atoms with E-state index in [2.05, 4.69) is 5.32 Å². The highest BCUT2D eigenvalue weighted by Crippen LogP contribution is 2.24. The molecule has 8 heteroatoms. The van der Waals surface area contributed by atoms with Gasteiger partial charge in [-0.05, 0) is 55.3 Å². The molecule has 1 aliphatic heterocycles. The highest BCUT2D eigenvalue weighted by Gasteiger charge is 2.28. The lowest BCUT2D eigenvalue weighted by atomic mass is 10.1. The van der Waals surface area contributed by atoms with E-state index in [9.17, 15) is 22.0 Å². The fraction of sp³-hybridized carbons (Fsp3) is 0.278. The number of nitrogens with one attached hydrogen (secondary N) is 1. The van der Waals surface area contributed by atoms with Crippen LogP contribution in [-0.4, -0.2) is 26.6 Å². The lowest BCUT2D eigenvalue weighted by Crippen LogP contribution is -2.27. The predicted octanol–water partition coefficient (Wildman–Crippen LogP) is 3.00. The van der Waals surface area contributed by atoms with E-state index < -0.39 is 33.6 Å². The van der Waals surface area contributed by atoms with Crippen molar-refractivity contribution in [3.05, 3.63) is 65.2 Å². The third-order valence-corrected chi connectivity index (χ3v) is 6.18. The van der Waals surface area contributed by atoms with Gasteiger partial charge in [-0.15, -0.1) is 0 Å². The predicted molar refractivity (Wildman–Crippen MR) is 94.4 cm³/mol. The summed E-state index contributed by atoms with van der Waals surface area (Å²) in [5.74, 6) is -2.18. The van der Waals surface area contributed by atoms with Crippen LogP contribution in [0.1, 0.15) is 35.3 Å². The van der Waals surface area contributed by atoms with Crippen LogP contribution in [0.4, 0.5) is 14.5 Å². The molecule has 1 fully saturated rings. The average Bonchev–Trinajstić information content (AvgIpc) is 2.96. The molecule has 0 bridgehead atoms. The van der Waals surface area contributed by atoms with Gasteiger partial charge in [0.15, 0.2) is 11.6 Å². The van der Waals surface area contributed by atoms with Crippen molar-refractivity contribution in [2.75, 3.05) is 16.6 Å². The Balaban J connectivity index is 1.71. The molecule has 1 heterocycles. The fourth-order valence-corrected chi connectivity index (χ4v) is 4.42. The zero-order valence-electron chi connectivity index (χ0n) is 14.1. The van der Waals surface area contributed by atoms with Gasteiger partial charge in [0.05, 0.1) is 17.5 Å². The van der Waals surface area contributed by atoms with Crippen molar-refractivity contribution < 1.29 is 22.0 Å². The number of sulfonamides is 1. The minimum absolute atomic E-state index is 0.126. The maximum absolute atomic E-state index is 13.3. The first-order chi connectivity index (χ1) is 12.3. The molecule has 0 saturated carbocycles. The Bertz CT molecular complexity index is 930. The van der Waals surface area contributed by atoms with Crippen LogP contribution >= 0.6 is 0 Å². The van der Waals surface area contributed by atoms with Crippen LogP contribution < -0.4 is 9.62 Å². The van der Waals surface area contributed by atoms with Gasteiger partial charge >= 0.3 is 0 Å². The first-order valence-electron chi connectivity index (χ1n) is 8.14. The number of carbonyl (C=O) groups is 1. The lowest BCUT2D eigenvalue weighted by Gasteiger charge is -2.18. The second-order valence-corrected chi connectivity index (χ2v) is 8.17. The summed E-state index contributed by atoms with van der Waals surface area (Å²) in [5.41, 5.74) is 1.31. The van der Waals surface area contributed by atoms with Gasteiger partial charge < -0.3 is 5.32 Å². The summed E-state index contributed by atoms with van der Waals surface area (Å²) in [4.78, 5) is 12.3. The monoisotopic (exact) mass is 380 g/mol. The Morgan fingerprint density at radius 3 is 2.38 bits per heavy atom. The van der Waals surface area contributed by atoms with Gasteiger partial charge in [0.2, 0.25) is 10.0 Å². The van der Waals surface area contributed by atoms with Crippen molar-refractivity contribution >= 4 is 21.6 Å². The smallest absolute Gasteiger partial charge is 0.251 e. The van der Waals surface area contributed by atoms with Gasteiger partial charge in [0.25, 0.3) is 5.91 Å². The van der Waals surface area contributed by atoms with Crippen molar-refractivity contribution in [1.29, 1.82) is 0 Å². The van der Waals surface area contributed by atoms with Gasteiger partial charge in [-0.2, -0.15) is 0 Å². The molecule has 0 aromatic heterocycles. The maximum atomic E-state index is 13.3. The Hall–Kier alpha value is -2.48. The van der Waals surface area contributed by atoms with Gasteiger partial charge in [-0.25, -0.2) is 17.2 Å². The molecule has 1 amide bonds. The summed E-state index contributed by atoms with van der Waals surface area (Å²) in [7, 11) is -3.27. The molecule has 1 atom stereocenters. The molecule has 1 unspecified atom stereocenters. The van der Waals surface area contributed by atoms with Crippen molar-refractivity contribution in [3.63, 3.8) is 0 Å². The Kier molecular flexibility index (Phi) is 4.95. The van der Waals surface area contributed by atoms with Crippen LogP contribution in [0.15, 0.2) is 42.5 Å². The van der Waals surface area contributed by atoms with Crippen LogP contribution in [0.25, 0.3) is 0 Å². The Morgan fingerprint density at radius 2 is 1.81 bits per heavy atom. The van der Waals surface area contributed by atoms with Gasteiger partial charge in [-0.1, -0.05) is 6.07 Å². The van der Waals surface area contributed by atoms with Gasteiger partial charge in [-0.3, -0.25) is 9.10 Å². The van der Waals surface area contributed by atoms with Crippen molar-refractivity contribution in [2.45, 2.75) is 19.4 Å². The van der Waals surface area contributed by atoms with Gasteiger partial charge in [0.1, 0.15) is 0 Å². The third-order valence-electron chi connectivity index (χ3n) is 4.31. The molecule has 1 aliphatic rings. The number of carbonyl (C=O) groups excluding carboxylic acids is 1. The SMILES string of the molecule is CC(NC(=O)c1ccc(N2CCCS2(=O)=O)cc1)c1ccc(F)c(F)c1. The summed E-state index contributed by atoms with van der Waals surface area (Å²) >= 11 is 0. The number of halogens is 2. The standard InChI is InChI=1S/C18H18F2N2O3S/c1-12(14-5-8-16(19)17(20)11-14)21-18(23)13-3-6-15(7-4-13)22-9-2-10-26(22,24)25/h3-8,11-12H,2,9-10H2,1H3,(H,21,23). The maximum Gasteiger partial charge on any atom is 0.251 e. The summed E-state index contributed by atoms with van der Waals surface area (Å²) in [6.07, 6.45) is 0.580. The van der Waals surface area contributed by atoms with E-state index in [0.29, 0.717) is 29.8 Å². The molecule has 1 saturated heterocycles. The first kappa shape index (κ1) is 18.3. The number of hydrogen-bond acceptors (Lipinski definition) is 3. The molecule has 138 valence electrons. The van der Waals surface area contributed by atoms with E-state index >= 15 is 0 Å². The first-order valence-corrected chi connectivity index (χ1v) is 9.75. The molecule has 0 aliphatic carbocycles. The second kappa shape index (κ2) is 7.03. The van der Waals surface area contributed by atoms with E-state index in [1.165, 1.54) is 22.5 Å². The summed E-state index contributed by atoms with van der Waals surface area (Å²) < 4.78 is 51.5. The highest BCUT2D eigenvalue weighted by molar-refractivity contribution is 7.93. The molecule has 2 aromatic rings. The molecular weight excluding hydrogens is 362 g/mol. The molecule has 0 radical (unpaired) electrons. The van der Waals surface area contributed by atoms with Crippen molar-refractivity contribution in [2.24, 2.45) is 0 Å². The van der Waals surface area contributed by atoms with Crippen LogP contribution in [-0.2, 0) is 10.0 Å². The Morgan fingerprint density at radius 1 is 1.12 bits per heavy atom. The minimum Gasteiger partial charge on any atom is -0.346 e. The van der Waals surface area contributed by atoms with E-state index in [1.54, 1.807) is 19.1 Å². The number of nitrogens with zero attached hydrogens (tertiary/aromatic N) is 1. The van der Waals surface area contributed by atoms with E-state index in [-0.39, 0.29) is 5.75 Å². The van der Waals surface area contributed by atoms with Gasteiger partial charge in [0, 0.05) is 12.1 Å². The lowest BCUT2D eigenvalue weighted by molar-refractivity contribution is 0.0940. The number of amides is 1. The largest absolute Gasteiger partial charge is 0.346 e. The van der Waals surface area contributed by atoms with Crippen LogP contribution in [0.2, 0.25) is 0 Å². The zero-order chi connectivity index (χ0) is 18.9. The van der Waals surface area contributed by atoms with Crippen LogP contribution in [0.5, 0.6) is 0 Å². The van der Waals surface area contributed by atoms with E-state index in [0.717, 1.165) is 12.1 Å². The third kappa shape index (κ3) is 3.70. The van der Waals surface area contributed by atoms with E-state index in [4.69, 9.17) is 0 Å². The van der Waals surface area contributed by atoms with Crippen molar-refractivity contribution in [1.82, 2.24) is 5.32 Å². The molecule has 3 rings (SSSR count). The fourth-order valence-electron chi connectivity index (χ4n) is 2.85. The summed E-state index contributed by atoms with van der Waals surface area (Å²) in [5, 5.41) is 2.70. The number of rotatable bonds is 4. The van der Waals surface area contributed by atoms with Crippen LogP contribution in [0.3, 0.4) is 0 Å². The van der Waals surface area contributed by atoms with Crippen molar-refractivity contribution in [3.8, 4) is 0 Å². The average molecular weight is 380 g/mol. The molecule has 26 heavy (non-hydrogen) atoms. The molecule has 5 nitrogen and oxygen atoms in total. The highest BCUT2D eigenvalue weighted by atomic mass is 32.2. The normalized spacial score (nSPS) is 17.1. The quantitative estimate of drug-likeness (QED) is 0.887. The molecular formula is C18H18F2N2O3S. The molecule has 2 aromatic carbocycles. The van der Waals surface area contributed by atoms with Crippen LogP contribution in [0, 0.1) is 11.6 Å². The molecule has 0 spiro atoms. The second-order valence-electron chi connectivity index (χ2n) is 6.16. The number of hydrogen-bond donors (Lipinski definition) is 1.